The molecule has 0 radical (unpaired) electrons. The van der Waals surface area contributed by atoms with Crippen LogP contribution in [0.15, 0.2) is 71.6 Å². The highest BCUT2D eigenvalue weighted by Crippen LogP contribution is 2.30. The minimum Gasteiger partial charge on any atom is -0.495 e. The molecule has 1 N–H and O–H groups in total. The summed E-state index contributed by atoms with van der Waals surface area (Å²) in [7, 11) is -2.52. The summed E-state index contributed by atoms with van der Waals surface area (Å²) in [5.41, 5.74) is 2.58. The summed E-state index contributed by atoms with van der Waals surface area (Å²) in [5.74, 6) is -0.100. The molecule has 0 heterocycles. The molecule has 32 heavy (non-hydrogen) atoms. The third kappa shape index (κ3) is 5.23. The molecule has 0 spiro atoms. The normalized spacial score (nSPS) is 11.1. The van der Waals surface area contributed by atoms with Gasteiger partial charge >= 0.3 is 0 Å². The van der Waals surface area contributed by atoms with E-state index >= 15 is 0 Å². The molecular weight excluding hydrogens is 448 g/mol. The molecule has 3 aromatic rings. The number of benzene rings is 3. The number of methoxy groups -OCH3 is 1. The van der Waals surface area contributed by atoms with Crippen molar-refractivity contribution in [2.24, 2.45) is 0 Å². The Morgan fingerprint density at radius 3 is 2.41 bits per heavy atom. The standard InChI is InChI=1S/C24H25ClN2O4S/c1-4-18-7-5-6-8-22(18)27(32(29,30)20-12-9-17(2)10-13-20)16-24(28)26-21-15-19(25)11-14-23(21)31-3/h5-15H,4,16H2,1-3H3,(H,26,28). The lowest BCUT2D eigenvalue weighted by Gasteiger charge is -2.26. The number of amides is 1. The summed E-state index contributed by atoms with van der Waals surface area (Å²) in [6.07, 6.45) is 0.611. The van der Waals surface area contributed by atoms with Crippen molar-refractivity contribution in [2.45, 2.75) is 25.2 Å². The second kappa shape index (κ2) is 10.1. The topological polar surface area (TPSA) is 75.7 Å². The Morgan fingerprint density at radius 1 is 1.06 bits per heavy atom. The molecule has 0 fully saturated rings. The number of hydrogen-bond acceptors (Lipinski definition) is 4. The van der Waals surface area contributed by atoms with E-state index in [9.17, 15) is 13.2 Å². The summed E-state index contributed by atoms with van der Waals surface area (Å²) < 4.78 is 33.6. The number of aryl methyl sites for hydroxylation is 2. The number of nitrogens with zero attached hydrogens (tertiary/aromatic N) is 1. The molecule has 1 amide bonds. The van der Waals surface area contributed by atoms with E-state index in [2.05, 4.69) is 5.32 Å². The fraction of sp³-hybridized carbons (Fsp3) is 0.208. The van der Waals surface area contributed by atoms with Crippen LogP contribution in [0.3, 0.4) is 0 Å². The summed E-state index contributed by atoms with van der Waals surface area (Å²) >= 11 is 6.05. The molecule has 0 aliphatic carbocycles. The van der Waals surface area contributed by atoms with Crippen molar-refractivity contribution in [1.29, 1.82) is 0 Å². The highest BCUT2D eigenvalue weighted by Gasteiger charge is 2.28. The van der Waals surface area contributed by atoms with Crippen LogP contribution in [0.4, 0.5) is 11.4 Å². The lowest BCUT2D eigenvalue weighted by Crippen LogP contribution is -2.38. The van der Waals surface area contributed by atoms with E-state index in [4.69, 9.17) is 16.3 Å². The Morgan fingerprint density at radius 2 is 1.75 bits per heavy atom. The maximum Gasteiger partial charge on any atom is 0.264 e. The van der Waals surface area contributed by atoms with Crippen LogP contribution in [-0.2, 0) is 21.2 Å². The molecule has 168 valence electrons. The Labute approximate surface area is 193 Å². The molecule has 0 bridgehead atoms. The number of sulfonamides is 1. The van der Waals surface area contributed by atoms with Gasteiger partial charge in [0.25, 0.3) is 10.0 Å². The first-order valence-electron chi connectivity index (χ1n) is 10.1. The first-order chi connectivity index (χ1) is 15.3. The van der Waals surface area contributed by atoms with Crippen LogP contribution in [0.5, 0.6) is 5.75 Å². The van der Waals surface area contributed by atoms with Crippen LogP contribution in [0.25, 0.3) is 0 Å². The minimum atomic E-state index is -4.00. The van der Waals surface area contributed by atoms with Gasteiger partial charge in [-0.25, -0.2) is 8.42 Å². The first-order valence-corrected chi connectivity index (χ1v) is 11.9. The number of hydrogen-bond donors (Lipinski definition) is 1. The molecule has 3 rings (SSSR count). The van der Waals surface area contributed by atoms with E-state index in [0.29, 0.717) is 28.6 Å². The Bertz CT molecular complexity index is 1210. The SMILES string of the molecule is CCc1ccccc1N(CC(=O)Nc1cc(Cl)ccc1OC)S(=O)(=O)c1ccc(C)cc1. The molecule has 8 heteroatoms. The average Bonchev–Trinajstić information content (AvgIpc) is 2.78. The maximum atomic E-state index is 13.6. The molecule has 0 atom stereocenters. The largest absolute Gasteiger partial charge is 0.495 e. The highest BCUT2D eigenvalue weighted by molar-refractivity contribution is 7.92. The highest BCUT2D eigenvalue weighted by atomic mass is 35.5. The van der Waals surface area contributed by atoms with Gasteiger partial charge in [-0.2, -0.15) is 0 Å². The van der Waals surface area contributed by atoms with Gasteiger partial charge in [-0.15, -0.1) is 0 Å². The quantitative estimate of drug-likeness (QED) is 0.497. The van der Waals surface area contributed by atoms with Gasteiger partial charge < -0.3 is 10.1 Å². The monoisotopic (exact) mass is 472 g/mol. The van der Waals surface area contributed by atoms with Crippen LogP contribution in [0.2, 0.25) is 5.02 Å². The van der Waals surface area contributed by atoms with Crippen molar-refractivity contribution in [1.82, 2.24) is 0 Å². The van der Waals surface area contributed by atoms with Crippen LogP contribution in [-0.4, -0.2) is 28.0 Å². The fourth-order valence-electron chi connectivity index (χ4n) is 3.29. The van der Waals surface area contributed by atoms with Crippen LogP contribution in [0, 0.1) is 6.92 Å². The predicted molar refractivity (Wildman–Crippen MR) is 128 cm³/mol. The van der Waals surface area contributed by atoms with Crippen molar-refractivity contribution in [2.75, 3.05) is 23.3 Å². The number of rotatable bonds is 8. The Hall–Kier alpha value is -3.03. The number of carbonyl (C=O) groups is 1. The molecule has 0 saturated heterocycles. The van der Waals surface area contributed by atoms with Gasteiger partial charge in [-0.3, -0.25) is 9.10 Å². The van der Waals surface area contributed by atoms with E-state index < -0.39 is 22.5 Å². The smallest absolute Gasteiger partial charge is 0.264 e. The third-order valence-electron chi connectivity index (χ3n) is 4.97. The number of para-hydroxylation sites is 1. The molecule has 6 nitrogen and oxygen atoms in total. The number of nitrogens with one attached hydrogen (secondary N) is 1. The molecule has 0 unspecified atom stereocenters. The van der Waals surface area contributed by atoms with Crippen LogP contribution < -0.4 is 14.4 Å². The van der Waals surface area contributed by atoms with E-state index in [1.807, 2.05) is 26.0 Å². The van der Waals surface area contributed by atoms with Crippen molar-refractivity contribution >= 4 is 38.9 Å². The number of ether oxygens (including phenoxy) is 1. The zero-order valence-corrected chi connectivity index (χ0v) is 19.7. The first kappa shape index (κ1) is 23.6. The van der Waals surface area contributed by atoms with Crippen LogP contribution in [0.1, 0.15) is 18.1 Å². The van der Waals surface area contributed by atoms with E-state index in [0.717, 1.165) is 15.4 Å². The van der Waals surface area contributed by atoms with Crippen molar-refractivity contribution in [3.05, 3.63) is 82.9 Å². The van der Waals surface area contributed by atoms with E-state index in [-0.39, 0.29) is 4.90 Å². The van der Waals surface area contributed by atoms with Gasteiger partial charge in [-0.05, 0) is 55.3 Å². The zero-order chi connectivity index (χ0) is 23.3. The number of halogens is 1. The number of carbonyl (C=O) groups excluding carboxylic acids is 1. The van der Waals surface area contributed by atoms with E-state index in [1.165, 1.54) is 7.11 Å². The van der Waals surface area contributed by atoms with Crippen molar-refractivity contribution < 1.29 is 17.9 Å². The lowest BCUT2D eigenvalue weighted by atomic mass is 10.1. The molecule has 0 aromatic heterocycles. The predicted octanol–water partition coefficient (Wildman–Crippen LogP) is 5.05. The van der Waals surface area contributed by atoms with Gasteiger partial charge in [0.2, 0.25) is 5.91 Å². The summed E-state index contributed by atoms with van der Waals surface area (Å²) in [6, 6.07) is 18.5. The van der Waals surface area contributed by atoms with Gasteiger partial charge in [-0.1, -0.05) is 54.4 Å². The van der Waals surface area contributed by atoms with Gasteiger partial charge in [0.05, 0.1) is 23.4 Å². The molecule has 3 aromatic carbocycles. The summed E-state index contributed by atoms with van der Waals surface area (Å²) in [4.78, 5) is 13.1. The second-order valence-corrected chi connectivity index (χ2v) is 9.50. The number of anilines is 2. The summed E-state index contributed by atoms with van der Waals surface area (Å²) in [5, 5.41) is 3.14. The Balaban J connectivity index is 2.01. The van der Waals surface area contributed by atoms with Gasteiger partial charge in [0.1, 0.15) is 12.3 Å². The van der Waals surface area contributed by atoms with Crippen molar-refractivity contribution in [3.8, 4) is 5.75 Å². The van der Waals surface area contributed by atoms with Crippen molar-refractivity contribution in [3.63, 3.8) is 0 Å². The molecule has 0 saturated carbocycles. The summed E-state index contributed by atoms with van der Waals surface area (Å²) in [6.45, 7) is 3.40. The minimum absolute atomic E-state index is 0.113. The second-order valence-electron chi connectivity index (χ2n) is 7.20. The maximum absolute atomic E-state index is 13.6. The molecular formula is C24H25ClN2O4S. The average molecular weight is 473 g/mol. The van der Waals surface area contributed by atoms with E-state index in [1.54, 1.807) is 54.6 Å². The fourth-order valence-corrected chi connectivity index (χ4v) is 4.92. The zero-order valence-electron chi connectivity index (χ0n) is 18.1. The molecule has 0 aliphatic heterocycles. The van der Waals surface area contributed by atoms with Gasteiger partial charge in [0.15, 0.2) is 0 Å². The van der Waals surface area contributed by atoms with Gasteiger partial charge in [0, 0.05) is 5.02 Å². The Kier molecular flexibility index (Phi) is 7.43. The molecule has 0 aliphatic rings. The lowest BCUT2D eigenvalue weighted by molar-refractivity contribution is -0.114. The third-order valence-corrected chi connectivity index (χ3v) is 6.98. The van der Waals surface area contributed by atoms with Crippen LogP contribution >= 0.6 is 11.6 Å².